The molecule has 1 saturated heterocycles. The van der Waals surface area contributed by atoms with E-state index in [4.69, 9.17) is 4.74 Å². The van der Waals surface area contributed by atoms with Crippen LogP contribution in [-0.2, 0) is 14.3 Å². The third kappa shape index (κ3) is 3.48. The molecule has 1 rings (SSSR count). The first kappa shape index (κ1) is 13.0. The average molecular weight is 228 g/mol. The van der Waals surface area contributed by atoms with Gasteiger partial charge >= 0.3 is 5.97 Å². The predicted octanol–water partition coefficient (Wildman–Crippen LogP) is 0.00590. The number of hydrogen-bond acceptors (Lipinski definition) is 4. The third-order valence-electron chi connectivity index (χ3n) is 3.05. The molecule has 0 spiro atoms. The number of rotatable bonds is 3. The third-order valence-corrected chi connectivity index (χ3v) is 3.05. The number of amides is 1. The van der Waals surface area contributed by atoms with E-state index in [0.717, 1.165) is 25.9 Å². The van der Waals surface area contributed by atoms with Crippen molar-refractivity contribution in [2.75, 3.05) is 27.2 Å². The second-order valence-electron chi connectivity index (χ2n) is 4.34. The highest BCUT2D eigenvalue weighted by molar-refractivity contribution is 5.83. The predicted molar refractivity (Wildman–Crippen MR) is 59.8 cm³/mol. The molecule has 5 heteroatoms. The molecular weight excluding hydrogens is 208 g/mol. The molecular formula is C11H20N2O3. The van der Waals surface area contributed by atoms with Crippen molar-refractivity contribution >= 4 is 11.9 Å². The number of likely N-dealkylation sites (tertiary alicyclic amines) is 1. The van der Waals surface area contributed by atoms with E-state index in [-0.39, 0.29) is 17.8 Å². The van der Waals surface area contributed by atoms with Gasteiger partial charge in [0.05, 0.1) is 7.11 Å². The molecule has 1 N–H and O–H groups in total. The standard InChI is InChI=1S/C11H20N2O3/c1-8(14)12-10(11(15)16-3)9-4-6-13(2)7-5-9/h9-10H,4-7H2,1-3H3,(H,12,14). The van der Waals surface area contributed by atoms with Crippen LogP contribution in [0.5, 0.6) is 0 Å². The maximum Gasteiger partial charge on any atom is 0.328 e. The van der Waals surface area contributed by atoms with E-state index in [9.17, 15) is 9.59 Å². The van der Waals surface area contributed by atoms with Gasteiger partial charge in [0.1, 0.15) is 6.04 Å². The Balaban J connectivity index is 2.61. The Bertz CT molecular complexity index is 260. The zero-order chi connectivity index (χ0) is 12.1. The molecule has 0 aliphatic carbocycles. The lowest BCUT2D eigenvalue weighted by molar-refractivity contribution is -0.147. The molecule has 0 aromatic carbocycles. The summed E-state index contributed by atoms with van der Waals surface area (Å²) in [6, 6.07) is -0.490. The van der Waals surface area contributed by atoms with E-state index in [2.05, 4.69) is 17.3 Å². The summed E-state index contributed by atoms with van der Waals surface area (Å²) in [7, 11) is 3.41. The lowest BCUT2D eigenvalue weighted by Gasteiger charge is -2.33. The van der Waals surface area contributed by atoms with Crippen molar-refractivity contribution in [3.8, 4) is 0 Å². The minimum atomic E-state index is -0.490. The van der Waals surface area contributed by atoms with Gasteiger partial charge in [-0.05, 0) is 38.9 Å². The van der Waals surface area contributed by atoms with Gasteiger partial charge < -0.3 is 15.0 Å². The van der Waals surface area contributed by atoms with Crippen LogP contribution >= 0.6 is 0 Å². The number of ether oxygens (including phenoxy) is 1. The molecule has 0 saturated carbocycles. The van der Waals surface area contributed by atoms with Gasteiger partial charge in [-0.15, -0.1) is 0 Å². The molecule has 16 heavy (non-hydrogen) atoms. The van der Waals surface area contributed by atoms with Crippen LogP contribution in [0.4, 0.5) is 0 Å². The Morgan fingerprint density at radius 3 is 2.38 bits per heavy atom. The zero-order valence-corrected chi connectivity index (χ0v) is 10.2. The molecule has 5 nitrogen and oxygen atoms in total. The fraction of sp³-hybridized carbons (Fsp3) is 0.818. The fourth-order valence-electron chi connectivity index (χ4n) is 2.08. The van der Waals surface area contributed by atoms with Crippen molar-refractivity contribution in [3.63, 3.8) is 0 Å². The van der Waals surface area contributed by atoms with E-state index in [1.807, 2.05) is 0 Å². The molecule has 0 bridgehead atoms. The van der Waals surface area contributed by atoms with Gasteiger partial charge in [0.25, 0.3) is 0 Å². The normalized spacial score (nSPS) is 20.2. The van der Waals surface area contributed by atoms with Gasteiger partial charge in [-0.3, -0.25) is 4.79 Å². The Labute approximate surface area is 96.1 Å². The molecule has 1 heterocycles. The molecule has 0 radical (unpaired) electrons. The minimum Gasteiger partial charge on any atom is -0.467 e. The van der Waals surface area contributed by atoms with E-state index in [1.54, 1.807) is 0 Å². The molecule has 1 unspecified atom stereocenters. The molecule has 1 amide bonds. The lowest BCUT2D eigenvalue weighted by atomic mass is 9.89. The monoisotopic (exact) mass is 228 g/mol. The zero-order valence-electron chi connectivity index (χ0n) is 10.2. The maximum absolute atomic E-state index is 11.6. The molecule has 1 aliphatic heterocycles. The minimum absolute atomic E-state index is 0.186. The Hall–Kier alpha value is -1.10. The second kappa shape index (κ2) is 5.84. The average Bonchev–Trinajstić information content (AvgIpc) is 2.26. The Morgan fingerprint density at radius 1 is 1.38 bits per heavy atom. The number of nitrogens with zero attached hydrogens (tertiary/aromatic N) is 1. The number of carbonyl (C=O) groups excluding carboxylic acids is 2. The van der Waals surface area contributed by atoms with Crippen LogP contribution in [-0.4, -0.2) is 50.1 Å². The quantitative estimate of drug-likeness (QED) is 0.691. The molecule has 0 aromatic heterocycles. The molecule has 0 aromatic rings. The van der Waals surface area contributed by atoms with E-state index in [0.29, 0.717) is 0 Å². The maximum atomic E-state index is 11.6. The van der Waals surface area contributed by atoms with Crippen molar-refractivity contribution in [2.45, 2.75) is 25.8 Å². The first-order chi connectivity index (χ1) is 7.54. The number of hydrogen-bond donors (Lipinski definition) is 1. The molecule has 1 fully saturated rings. The smallest absolute Gasteiger partial charge is 0.328 e. The summed E-state index contributed by atoms with van der Waals surface area (Å²) in [6.45, 7) is 3.33. The van der Waals surface area contributed by atoms with Gasteiger partial charge in [-0.25, -0.2) is 4.79 Å². The largest absolute Gasteiger partial charge is 0.467 e. The number of carbonyl (C=O) groups is 2. The van der Waals surface area contributed by atoms with Gasteiger partial charge in [-0.2, -0.15) is 0 Å². The Morgan fingerprint density at radius 2 is 1.94 bits per heavy atom. The Kier molecular flexibility index (Phi) is 4.73. The second-order valence-corrected chi connectivity index (χ2v) is 4.34. The summed E-state index contributed by atoms with van der Waals surface area (Å²) in [5, 5.41) is 2.68. The highest BCUT2D eigenvalue weighted by Gasteiger charge is 2.31. The van der Waals surface area contributed by atoms with Crippen LogP contribution in [0.1, 0.15) is 19.8 Å². The molecule has 1 atom stereocenters. The topological polar surface area (TPSA) is 58.6 Å². The van der Waals surface area contributed by atoms with Gasteiger partial charge in [0.2, 0.25) is 5.91 Å². The first-order valence-corrected chi connectivity index (χ1v) is 5.58. The van der Waals surface area contributed by atoms with E-state index < -0.39 is 6.04 Å². The number of esters is 1. The fourth-order valence-corrected chi connectivity index (χ4v) is 2.08. The highest BCUT2D eigenvalue weighted by atomic mass is 16.5. The van der Waals surface area contributed by atoms with E-state index >= 15 is 0 Å². The summed E-state index contributed by atoms with van der Waals surface area (Å²) in [6.07, 6.45) is 1.83. The van der Waals surface area contributed by atoms with Crippen molar-refractivity contribution < 1.29 is 14.3 Å². The summed E-state index contributed by atoms with van der Waals surface area (Å²) in [5.74, 6) is -0.341. The molecule has 1 aliphatic rings. The summed E-state index contributed by atoms with van der Waals surface area (Å²) in [5.41, 5.74) is 0. The molecule has 92 valence electrons. The number of methoxy groups -OCH3 is 1. The van der Waals surface area contributed by atoms with Crippen molar-refractivity contribution in [3.05, 3.63) is 0 Å². The van der Waals surface area contributed by atoms with Crippen LogP contribution in [0.3, 0.4) is 0 Å². The summed E-state index contributed by atoms with van der Waals surface area (Å²) in [4.78, 5) is 24.9. The SMILES string of the molecule is COC(=O)C(NC(C)=O)C1CCN(C)CC1. The van der Waals surface area contributed by atoms with Gasteiger partial charge in [0.15, 0.2) is 0 Å². The van der Waals surface area contributed by atoms with Gasteiger partial charge in [-0.1, -0.05) is 0 Å². The highest BCUT2D eigenvalue weighted by Crippen LogP contribution is 2.20. The van der Waals surface area contributed by atoms with Crippen LogP contribution < -0.4 is 5.32 Å². The van der Waals surface area contributed by atoms with Gasteiger partial charge in [0, 0.05) is 6.92 Å². The van der Waals surface area contributed by atoms with Crippen molar-refractivity contribution in [1.29, 1.82) is 0 Å². The first-order valence-electron chi connectivity index (χ1n) is 5.58. The number of piperidine rings is 1. The van der Waals surface area contributed by atoms with E-state index in [1.165, 1.54) is 14.0 Å². The van der Waals surface area contributed by atoms with Crippen molar-refractivity contribution in [1.82, 2.24) is 10.2 Å². The van der Waals surface area contributed by atoms with Crippen LogP contribution in [0.15, 0.2) is 0 Å². The van der Waals surface area contributed by atoms with Crippen molar-refractivity contribution in [2.24, 2.45) is 5.92 Å². The van der Waals surface area contributed by atoms with Crippen LogP contribution in [0, 0.1) is 5.92 Å². The summed E-state index contributed by atoms with van der Waals surface area (Å²) >= 11 is 0. The van der Waals surface area contributed by atoms with Crippen LogP contribution in [0.2, 0.25) is 0 Å². The van der Waals surface area contributed by atoms with Crippen LogP contribution in [0.25, 0.3) is 0 Å². The lowest BCUT2D eigenvalue weighted by Crippen LogP contribution is -2.49. The number of nitrogens with one attached hydrogen (secondary N) is 1. The summed E-state index contributed by atoms with van der Waals surface area (Å²) < 4.78 is 4.73.